The molecule has 0 bridgehead atoms. The summed E-state index contributed by atoms with van der Waals surface area (Å²) in [6.45, 7) is 1.33. The number of rotatable bonds is 9. The van der Waals surface area contributed by atoms with E-state index in [2.05, 4.69) is 5.32 Å². The number of benzene rings is 2. The predicted octanol–water partition coefficient (Wildman–Crippen LogP) is 5.27. The minimum Gasteiger partial charge on any atom is -0.376 e. The molecule has 6 nitrogen and oxygen atoms in total. The number of carbonyl (C=O) groups is 2. The largest absolute Gasteiger partial charge is 0.376 e. The van der Waals surface area contributed by atoms with Gasteiger partial charge in [-0.25, -0.2) is 13.6 Å². The quantitative estimate of drug-likeness (QED) is 0.437. The van der Waals surface area contributed by atoms with Gasteiger partial charge in [0.1, 0.15) is 18.2 Å². The molecule has 1 aliphatic rings. The van der Waals surface area contributed by atoms with E-state index in [-0.39, 0.29) is 37.5 Å². The Balaban J connectivity index is 1.50. The molecular formula is C26H27F2N3O3S. The molecule has 1 atom stereocenters. The van der Waals surface area contributed by atoms with Crippen LogP contribution in [0.1, 0.15) is 23.3 Å². The minimum atomic E-state index is -0.502. The Hall–Kier alpha value is -3.30. The van der Waals surface area contributed by atoms with Crippen molar-refractivity contribution in [3.63, 3.8) is 0 Å². The van der Waals surface area contributed by atoms with E-state index in [4.69, 9.17) is 4.74 Å². The van der Waals surface area contributed by atoms with E-state index in [1.54, 1.807) is 23.1 Å². The number of thiophene rings is 1. The molecule has 0 aliphatic carbocycles. The van der Waals surface area contributed by atoms with Gasteiger partial charge in [0.25, 0.3) is 0 Å². The third kappa shape index (κ3) is 7.34. The van der Waals surface area contributed by atoms with Crippen LogP contribution in [0.5, 0.6) is 0 Å². The normalized spacial score (nSPS) is 15.1. The minimum absolute atomic E-state index is 0.163. The van der Waals surface area contributed by atoms with Gasteiger partial charge in [0, 0.05) is 30.3 Å². The van der Waals surface area contributed by atoms with Crippen molar-refractivity contribution in [3.05, 3.63) is 88.1 Å². The van der Waals surface area contributed by atoms with Crippen LogP contribution in [0.3, 0.4) is 0 Å². The van der Waals surface area contributed by atoms with Gasteiger partial charge < -0.3 is 19.9 Å². The van der Waals surface area contributed by atoms with Gasteiger partial charge in [-0.3, -0.25) is 4.79 Å². The molecule has 1 fully saturated rings. The number of carbonyl (C=O) groups excluding carboxylic acids is 2. The lowest BCUT2D eigenvalue weighted by Crippen LogP contribution is -2.46. The lowest BCUT2D eigenvalue weighted by Gasteiger charge is -2.29. The summed E-state index contributed by atoms with van der Waals surface area (Å²) in [5.74, 6) is -1.07. The summed E-state index contributed by atoms with van der Waals surface area (Å²) < 4.78 is 32.7. The number of nitrogens with zero attached hydrogens (tertiary/aromatic N) is 2. The zero-order valence-electron chi connectivity index (χ0n) is 19.2. The number of hydrogen-bond donors (Lipinski definition) is 1. The summed E-state index contributed by atoms with van der Waals surface area (Å²) in [5, 5.41) is 4.62. The molecule has 4 rings (SSSR count). The first kappa shape index (κ1) is 24.8. The molecule has 1 aliphatic heterocycles. The standard InChI is InChI=1S/C26H27F2N3O3S/c27-20-10-8-19(9-11-20)15-30(17-24-7-3-13-35-24)25(32)18-31(16-23-6-2-12-34-23)26(33)29-22-5-1-4-21(28)14-22/h1,3-5,7-11,13-14,23H,2,6,12,15-18H2,(H,29,33)/t23-/m0/s1. The number of ether oxygens (including phenoxy) is 1. The van der Waals surface area contributed by atoms with Crippen molar-refractivity contribution in [3.8, 4) is 0 Å². The molecule has 2 heterocycles. The Labute approximate surface area is 207 Å². The molecule has 0 saturated carbocycles. The van der Waals surface area contributed by atoms with E-state index in [0.29, 0.717) is 18.8 Å². The second kappa shape index (κ2) is 11.9. The van der Waals surface area contributed by atoms with Gasteiger partial charge in [-0.1, -0.05) is 24.3 Å². The van der Waals surface area contributed by atoms with Crippen molar-refractivity contribution in [2.24, 2.45) is 0 Å². The highest BCUT2D eigenvalue weighted by atomic mass is 32.1. The van der Waals surface area contributed by atoms with Crippen molar-refractivity contribution in [1.82, 2.24) is 9.80 Å². The third-order valence-electron chi connectivity index (χ3n) is 5.70. The van der Waals surface area contributed by atoms with Crippen LogP contribution in [0.25, 0.3) is 0 Å². The fourth-order valence-corrected chi connectivity index (χ4v) is 4.64. The van der Waals surface area contributed by atoms with E-state index < -0.39 is 11.8 Å². The number of anilines is 1. The maximum Gasteiger partial charge on any atom is 0.322 e. The number of halogens is 2. The highest BCUT2D eigenvalue weighted by molar-refractivity contribution is 7.09. The maximum absolute atomic E-state index is 13.6. The van der Waals surface area contributed by atoms with Crippen molar-refractivity contribution < 1.29 is 23.1 Å². The van der Waals surface area contributed by atoms with Gasteiger partial charge in [0.15, 0.2) is 0 Å². The maximum atomic E-state index is 13.6. The zero-order valence-corrected chi connectivity index (χ0v) is 20.0. The zero-order chi connectivity index (χ0) is 24.6. The Morgan fingerprint density at radius 3 is 2.51 bits per heavy atom. The first-order valence-corrected chi connectivity index (χ1v) is 12.3. The highest BCUT2D eigenvalue weighted by Gasteiger charge is 2.27. The molecule has 2 aromatic carbocycles. The second-order valence-corrected chi connectivity index (χ2v) is 9.44. The summed E-state index contributed by atoms with van der Waals surface area (Å²) in [5.41, 5.74) is 1.09. The summed E-state index contributed by atoms with van der Waals surface area (Å²) in [4.78, 5) is 30.6. The Morgan fingerprint density at radius 2 is 1.83 bits per heavy atom. The van der Waals surface area contributed by atoms with Crippen LogP contribution >= 0.6 is 11.3 Å². The first-order valence-electron chi connectivity index (χ1n) is 11.4. The van der Waals surface area contributed by atoms with Gasteiger partial charge in [-0.05, 0) is 60.2 Å². The van der Waals surface area contributed by atoms with Crippen molar-refractivity contribution in [2.75, 3.05) is 25.0 Å². The molecule has 3 amide bonds. The van der Waals surface area contributed by atoms with E-state index in [1.165, 1.54) is 46.6 Å². The van der Waals surface area contributed by atoms with E-state index in [0.717, 1.165) is 23.3 Å². The summed E-state index contributed by atoms with van der Waals surface area (Å²) in [6.07, 6.45) is 1.53. The number of amides is 3. The van der Waals surface area contributed by atoms with Crippen LogP contribution in [-0.2, 0) is 22.6 Å². The van der Waals surface area contributed by atoms with E-state index in [9.17, 15) is 18.4 Å². The van der Waals surface area contributed by atoms with Crippen LogP contribution < -0.4 is 5.32 Å². The molecule has 1 N–H and O–H groups in total. The smallest absolute Gasteiger partial charge is 0.322 e. The first-order chi connectivity index (χ1) is 17.0. The number of urea groups is 1. The molecule has 1 saturated heterocycles. The third-order valence-corrected chi connectivity index (χ3v) is 6.56. The summed E-state index contributed by atoms with van der Waals surface area (Å²) >= 11 is 1.53. The molecule has 0 unspecified atom stereocenters. The van der Waals surface area contributed by atoms with E-state index in [1.807, 2.05) is 17.5 Å². The Kier molecular flexibility index (Phi) is 8.44. The van der Waals surface area contributed by atoms with Gasteiger partial charge >= 0.3 is 6.03 Å². The fraction of sp³-hybridized carbons (Fsp3) is 0.308. The van der Waals surface area contributed by atoms with Crippen molar-refractivity contribution in [1.29, 1.82) is 0 Å². The molecule has 9 heteroatoms. The molecule has 1 aromatic heterocycles. The lowest BCUT2D eigenvalue weighted by atomic mass is 10.2. The fourth-order valence-electron chi connectivity index (χ4n) is 3.92. The monoisotopic (exact) mass is 499 g/mol. The average molecular weight is 500 g/mol. The number of hydrogen-bond acceptors (Lipinski definition) is 4. The van der Waals surface area contributed by atoms with Gasteiger partial charge in [0.2, 0.25) is 5.91 Å². The molecule has 3 aromatic rings. The van der Waals surface area contributed by atoms with E-state index >= 15 is 0 Å². The molecule has 0 spiro atoms. The lowest BCUT2D eigenvalue weighted by molar-refractivity contribution is -0.133. The van der Waals surface area contributed by atoms with Crippen LogP contribution in [0.4, 0.5) is 19.3 Å². The second-order valence-electron chi connectivity index (χ2n) is 8.41. The topological polar surface area (TPSA) is 61.9 Å². The average Bonchev–Trinajstić information content (AvgIpc) is 3.54. The molecular weight excluding hydrogens is 472 g/mol. The van der Waals surface area contributed by atoms with Gasteiger partial charge in [0.05, 0.1) is 12.6 Å². The van der Waals surface area contributed by atoms with Crippen LogP contribution in [0.2, 0.25) is 0 Å². The highest BCUT2D eigenvalue weighted by Crippen LogP contribution is 2.18. The Morgan fingerprint density at radius 1 is 1.00 bits per heavy atom. The summed E-state index contributed by atoms with van der Waals surface area (Å²) in [6, 6.07) is 15.0. The van der Waals surface area contributed by atoms with Crippen LogP contribution in [0, 0.1) is 11.6 Å². The summed E-state index contributed by atoms with van der Waals surface area (Å²) in [7, 11) is 0. The molecule has 184 valence electrons. The Bertz CT molecular complexity index is 1120. The number of nitrogens with one attached hydrogen (secondary N) is 1. The van der Waals surface area contributed by atoms with Crippen LogP contribution in [0.15, 0.2) is 66.0 Å². The SMILES string of the molecule is O=C(CN(C[C@@H]1CCCO1)C(=O)Nc1cccc(F)c1)N(Cc1ccc(F)cc1)Cc1cccs1. The van der Waals surface area contributed by atoms with Gasteiger partial charge in [-0.2, -0.15) is 0 Å². The van der Waals surface area contributed by atoms with Crippen LogP contribution in [-0.4, -0.2) is 47.5 Å². The predicted molar refractivity (Wildman–Crippen MR) is 131 cm³/mol. The van der Waals surface area contributed by atoms with Gasteiger partial charge in [-0.15, -0.1) is 11.3 Å². The molecule has 0 radical (unpaired) electrons. The van der Waals surface area contributed by atoms with Crippen molar-refractivity contribution in [2.45, 2.75) is 32.0 Å². The van der Waals surface area contributed by atoms with Crippen molar-refractivity contribution >= 4 is 29.0 Å². The molecule has 35 heavy (non-hydrogen) atoms.